The molecule has 7 heteroatoms. The maximum Gasteiger partial charge on any atom is 0.333 e. The number of allylic oxidation sites excluding steroid dienone is 1. The molecular formula is C27H36O7. The van der Waals surface area contributed by atoms with Crippen LogP contribution in [-0.4, -0.2) is 51.3 Å². The van der Waals surface area contributed by atoms with Crippen LogP contribution in [0.4, 0.5) is 0 Å². The largest absolute Gasteiger partial charge is 0.461 e. The minimum absolute atomic E-state index is 0.0270. The van der Waals surface area contributed by atoms with Crippen LogP contribution in [-0.2, 0) is 23.9 Å². The second-order valence-corrected chi connectivity index (χ2v) is 11.3. The fourth-order valence-electron chi connectivity index (χ4n) is 7.15. The first-order valence-corrected chi connectivity index (χ1v) is 12.0. The van der Waals surface area contributed by atoms with Crippen molar-refractivity contribution in [1.82, 2.24) is 0 Å². The van der Waals surface area contributed by atoms with Gasteiger partial charge in [0.05, 0.1) is 5.60 Å². The predicted molar refractivity (Wildman–Crippen MR) is 124 cm³/mol. The van der Waals surface area contributed by atoms with Crippen LogP contribution in [0.25, 0.3) is 0 Å². The smallest absolute Gasteiger partial charge is 0.333 e. The number of aliphatic hydroxyl groups is 2. The van der Waals surface area contributed by atoms with Crippen LogP contribution in [0.5, 0.6) is 0 Å². The highest BCUT2D eigenvalue weighted by Crippen LogP contribution is 2.76. The number of carbonyl (C=O) groups excluding carboxylic acids is 3. The van der Waals surface area contributed by atoms with Crippen molar-refractivity contribution in [3.8, 4) is 0 Å². The minimum atomic E-state index is -1.81. The highest BCUT2D eigenvalue weighted by atomic mass is 16.6. The molecule has 7 nitrogen and oxygen atoms in total. The molecule has 4 rings (SSSR count). The van der Waals surface area contributed by atoms with Gasteiger partial charge in [-0.3, -0.25) is 9.59 Å². The molecule has 0 aromatic carbocycles. The van der Waals surface area contributed by atoms with Crippen LogP contribution in [0, 0.1) is 29.1 Å². The number of hydrogen-bond donors (Lipinski definition) is 2. The number of rotatable bonds is 4. The summed E-state index contributed by atoms with van der Waals surface area (Å²) in [7, 11) is 0. The van der Waals surface area contributed by atoms with Gasteiger partial charge in [-0.25, -0.2) is 4.79 Å². The van der Waals surface area contributed by atoms with Gasteiger partial charge in [0.2, 0.25) is 0 Å². The van der Waals surface area contributed by atoms with E-state index in [1.807, 2.05) is 26.8 Å². The van der Waals surface area contributed by atoms with Crippen molar-refractivity contribution in [2.45, 2.75) is 78.1 Å². The van der Waals surface area contributed by atoms with E-state index in [9.17, 15) is 24.6 Å². The first-order valence-electron chi connectivity index (χ1n) is 12.0. The lowest BCUT2D eigenvalue weighted by Gasteiger charge is -2.50. The van der Waals surface area contributed by atoms with E-state index in [1.165, 1.54) is 6.92 Å². The van der Waals surface area contributed by atoms with Gasteiger partial charge in [-0.05, 0) is 44.3 Å². The number of hydrogen-bond acceptors (Lipinski definition) is 7. The zero-order valence-electron chi connectivity index (χ0n) is 21.1. The van der Waals surface area contributed by atoms with Crippen molar-refractivity contribution in [2.24, 2.45) is 29.1 Å². The van der Waals surface area contributed by atoms with Gasteiger partial charge in [0, 0.05) is 42.1 Å². The summed E-state index contributed by atoms with van der Waals surface area (Å²) in [5.41, 5.74) is -2.95. The molecule has 0 aromatic rings. The van der Waals surface area contributed by atoms with Crippen LogP contribution in [0.2, 0.25) is 0 Å². The van der Waals surface area contributed by atoms with Crippen LogP contribution in [0.1, 0.15) is 61.3 Å². The van der Waals surface area contributed by atoms with E-state index in [0.29, 0.717) is 23.1 Å². The lowest BCUT2D eigenvalue weighted by molar-refractivity contribution is -0.185. The molecule has 0 heterocycles. The molecule has 0 spiro atoms. The Labute approximate surface area is 200 Å². The van der Waals surface area contributed by atoms with Gasteiger partial charge in [0.15, 0.2) is 5.78 Å². The van der Waals surface area contributed by atoms with Crippen LogP contribution in [0.15, 0.2) is 34.9 Å². The summed E-state index contributed by atoms with van der Waals surface area (Å²) >= 11 is 0. The molecule has 0 amide bonds. The Morgan fingerprint density at radius 3 is 2.44 bits per heavy atom. The van der Waals surface area contributed by atoms with E-state index < -0.39 is 45.8 Å². The quantitative estimate of drug-likeness (QED) is 0.368. The van der Waals surface area contributed by atoms with E-state index >= 15 is 0 Å². The monoisotopic (exact) mass is 472 g/mol. The molecule has 4 aliphatic rings. The molecule has 0 saturated heterocycles. The van der Waals surface area contributed by atoms with Crippen molar-refractivity contribution in [3.63, 3.8) is 0 Å². The van der Waals surface area contributed by atoms with Gasteiger partial charge >= 0.3 is 11.9 Å². The SMILES string of the molecule is C/C=C(\C)C(=O)O[C@@]12C[C@@H](C)[C@@]3(O)[C@@H](C=C(COC(C)=O)C[C@]4(O)C(=O)C(C)=C[C@@H]34)C1C2(C)C. The second-order valence-electron chi connectivity index (χ2n) is 11.3. The summed E-state index contributed by atoms with van der Waals surface area (Å²) in [4.78, 5) is 37.5. The normalized spacial score (nSPS) is 42.4. The second kappa shape index (κ2) is 7.62. The van der Waals surface area contributed by atoms with E-state index in [0.717, 1.165) is 0 Å². The Bertz CT molecular complexity index is 1050. The van der Waals surface area contributed by atoms with Gasteiger partial charge in [-0.15, -0.1) is 0 Å². The number of fused-ring (bicyclic) bond motifs is 5. The van der Waals surface area contributed by atoms with Gasteiger partial charge < -0.3 is 19.7 Å². The maximum atomic E-state index is 13.1. The van der Waals surface area contributed by atoms with Crippen molar-refractivity contribution < 1.29 is 34.1 Å². The van der Waals surface area contributed by atoms with Crippen LogP contribution in [0.3, 0.4) is 0 Å². The summed E-state index contributed by atoms with van der Waals surface area (Å²) in [6.07, 6.45) is 5.68. The van der Waals surface area contributed by atoms with Crippen molar-refractivity contribution in [1.29, 1.82) is 0 Å². The van der Waals surface area contributed by atoms with E-state index in [2.05, 4.69) is 0 Å². The fraction of sp³-hybridized carbons (Fsp3) is 0.667. The predicted octanol–water partition coefficient (Wildman–Crippen LogP) is 3.05. The molecule has 0 aromatic heterocycles. The Balaban J connectivity index is 1.84. The van der Waals surface area contributed by atoms with Crippen molar-refractivity contribution in [3.05, 3.63) is 34.9 Å². The van der Waals surface area contributed by atoms with Crippen LogP contribution < -0.4 is 0 Å². The molecule has 0 aliphatic heterocycles. The number of ketones is 1. The van der Waals surface area contributed by atoms with Crippen LogP contribution >= 0.6 is 0 Å². The van der Waals surface area contributed by atoms with E-state index in [-0.39, 0.29) is 30.8 Å². The van der Waals surface area contributed by atoms with Crippen molar-refractivity contribution in [2.75, 3.05) is 6.61 Å². The number of carbonyl (C=O) groups is 3. The number of esters is 2. The molecule has 2 N–H and O–H groups in total. The molecule has 0 bridgehead atoms. The van der Waals surface area contributed by atoms with Gasteiger partial charge in [0.25, 0.3) is 0 Å². The van der Waals surface area contributed by atoms with E-state index in [4.69, 9.17) is 9.47 Å². The standard InChI is InChI=1S/C27H36O7/c1-8-14(2)23(30)34-26-11-16(4)27(32)19(21(26)24(26,6)7)10-18(13-33-17(5)28)12-25(31)20(27)9-15(3)22(25)29/h8-10,16,19-21,31-32H,11-13H2,1-7H3/b14-8+/t16-,19+,20-,21?,25-,26+,27-/m1/s1. The first-order chi connectivity index (χ1) is 15.7. The lowest BCUT2D eigenvalue weighted by atomic mass is 9.60. The molecule has 7 atom stereocenters. The third kappa shape index (κ3) is 3.12. The van der Waals surface area contributed by atoms with Gasteiger partial charge in [-0.2, -0.15) is 0 Å². The van der Waals surface area contributed by atoms with Crippen molar-refractivity contribution >= 4 is 17.7 Å². The summed E-state index contributed by atoms with van der Waals surface area (Å²) in [5.74, 6) is -3.19. The summed E-state index contributed by atoms with van der Waals surface area (Å²) in [5, 5.41) is 24.1. The Kier molecular flexibility index (Phi) is 5.57. The first kappa shape index (κ1) is 24.9. The van der Waals surface area contributed by atoms with Gasteiger partial charge in [-0.1, -0.05) is 39.0 Å². The Morgan fingerprint density at radius 1 is 1.21 bits per heavy atom. The Morgan fingerprint density at radius 2 is 1.85 bits per heavy atom. The molecule has 2 saturated carbocycles. The molecule has 186 valence electrons. The molecular weight excluding hydrogens is 436 g/mol. The van der Waals surface area contributed by atoms with Gasteiger partial charge in [0.1, 0.15) is 17.8 Å². The summed E-state index contributed by atoms with van der Waals surface area (Å²) in [6, 6.07) is 0. The Hall–Kier alpha value is -2.25. The highest BCUT2D eigenvalue weighted by molar-refractivity contribution is 6.04. The zero-order valence-corrected chi connectivity index (χ0v) is 21.1. The lowest BCUT2D eigenvalue weighted by Crippen LogP contribution is -2.61. The third-order valence-electron chi connectivity index (χ3n) is 9.16. The number of ether oxygens (including phenoxy) is 2. The maximum absolute atomic E-state index is 13.1. The average Bonchev–Trinajstić information content (AvgIpc) is 3.16. The third-order valence-corrected chi connectivity index (χ3v) is 9.16. The molecule has 2 fully saturated rings. The molecule has 0 radical (unpaired) electrons. The molecule has 1 unspecified atom stereocenters. The summed E-state index contributed by atoms with van der Waals surface area (Å²) in [6.45, 7) is 12.3. The zero-order chi connectivity index (χ0) is 25.4. The number of Topliss-reactive ketones (excluding diaryl/α,β-unsaturated/α-hetero) is 1. The molecule has 34 heavy (non-hydrogen) atoms. The minimum Gasteiger partial charge on any atom is -0.461 e. The van der Waals surface area contributed by atoms with E-state index in [1.54, 1.807) is 32.9 Å². The molecule has 4 aliphatic carbocycles. The average molecular weight is 473 g/mol. The topological polar surface area (TPSA) is 110 Å². The highest BCUT2D eigenvalue weighted by Gasteiger charge is 2.83. The fourth-order valence-corrected chi connectivity index (χ4v) is 7.15. The summed E-state index contributed by atoms with van der Waals surface area (Å²) < 4.78 is 11.4.